The summed E-state index contributed by atoms with van der Waals surface area (Å²) in [5, 5.41) is 5.88. The van der Waals surface area contributed by atoms with Crippen molar-refractivity contribution in [1.82, 2.24) is 20.4 Å². The van der Waals surface area contributed by atoms with Gasteiger partial charge in [-0.2, -0.15) is 0 Å². The van der Waals surface area contributed by atoms with Gasteiger partial charge in [-0.1, -0.05) is 41.5 Å². The predicted octanol–water partition coefficient (Wildman–Crippen LogP) is 3.43. The first-order chi connectivity index (χ1) is 15.9. The zero-order chi connectivity index (χ0) is 28.5. The molecule has 2 amide bonds. The lowest BCUT2D eigenvalue weighted by atomic mass is 9.89. The number of rotatable bonds is 13. The minimum Gasteiger partial charge on any atom is -0.350 e. The van der Waals surface area contributed by atoms with E-state index in [4.69, 9.17) is 0 Å². The number of carbonyl (C=O) groups excluding carboxylic acids is 4. The fourth-order valence-electron chi connectivity index (χ4n) is 3.83. The molecule has 8 heteroatoms. The van der Waals surface area contributed by atoms with Crippen LogP contribution in [0.5, 0.6) is 0 Å². The second kappa shape index (κ2) is 13.7. The third-order valence-electron chi connectivity index (χ3n) is 4.75. The van der Waals surface area contributed by atoms with E-state index in [0.29, 0.717) is 25.9 Å². The van der Waals surface area contributed by atoms with Gasteiger partial charge in [0.15, 0.2) is 0 Å². The molecule has 210 valence electrons. The van der Waals surface area contributed by atoms with Crippen LogP contribution in [0.1, 0.15) is 95.9 Å². The van der Waals surface area contributed by atoms with E-state index < -0.39 is 0 Å². The van der Waals surface area contributed by atoms with Crippen LogP contribution in [0.3, 0.4) is 0 Å². The minimum atomic E-state index is -0.388. The maximum atomic E-state index is 12.8. The Balaban J connectivity index is 5.55. The van der Waals surface area contributed by atoms with E-state index in [9.17, 15) is 19.2 Å². The van der Waals surface area contributed by atoms with E-state index in [1.54, 1.807) is 4.90 Å². The molecule has 8 nitrogen and oxygen atoms in total. The summed E-state index contributed by atoms with van der Waals surface area (Å²) in [4.78, 5) is 54.4. The number of nitrogens with zero attached hydrogens (tertiary/aromatic N) is 2. The number of ketones is 2. The van der Waals surface area contributed by atoms with Crippen molar-refractivity contribution < 1.29 is 19.2 Å². The Labute approximate surface area is 220 Å². The lowest BCUT2D eigenvalue weighted by molar-refractivity contribution is -0.128. The molecule has 0 aromatic carbocycles. The second-order valence-electron chi connectivity index (χ2n) is 14.6. The Hall–Kier alpha value is -1.80. The lowest BCUT2D eigenvalue weighted by Gasteiger charge is -2.30. The van der Waals surface area contributed by atoms with Crippen molar-refractivity contribution in [3.63, 3.8) is 0 Å². The molecule has 0 saturated heterocycles. The summed E-state index contributed by atoms with van der Waals surface area (Å²) in [5.41, 5.74) is -1.05. The first-order valence-electron chi connectivity index (χ1n) is 13.0. The Kier molecular flexibility index (Phi) is 13.0. The third kappa shape index (κ3) is 20.4. The molecule has 2 N–H and O–H groups in total. The van der Waals surface area contributed by atoms with Gasteiger partial charge in [-0.15, -0.1) is 0 Å². The maximum Gasteiger partial charge on any atom is 0.234 e. The Morgan fingerprint density at radius 3 is 1.03 bits per heavy atom. The Bertz CT molecular complexity index is 625. The maximum absolute atomic E-state index is 12.8. The second-order valence-corrected chi connectivity index (χ2v) is 14.6. The normalized spacial score (nSPS) is 13.2. The van der Waals surface area contributed by atoms with Crippen LogP contribution in [0.2, 0.25) is 0 Å². The van der Waals surface area contributed by atoms with E-state index in [1.165, 1.54) is 0 Å². The predicted molar refractivity (Wildman–Crippen MR) is 147 cm³/mol. The summed E-state index contributed by atoms with van der Waals surface area (Å²) in [6.45, 7) is 24.8. The first-order valence-corrected chi connectivity index (χ1v) is 13.0. The van der Waals surface area contributed by atoms with Gasteiger partial charge in [0.05, 0.1) is 26.2 Å². The summed E-state index contributed by atoms with van der Waals surface area (Å²) in [6.07, 6.45) is 0.839. The molecule has 0 heterocycles. The van der Waals surface area contributed by atoms with Gasteiger partial charge in [0.2, 0.25) is 11.8 Å². The Morgan fingerprint density at radius 2 is 0.778 bits per heavy atom. The molecule has 0 atom stereocenters. The van der Waals surface area contributed by atoms with Gasteiger partial charge < -0.3 is 10.6 Å². The van der Waals surface area contributed by atoms with Gasteiger partial charge in [0.1, 0.15) is 11.6 Å². The van der Waals surface area contributed by atoms with Gasteiger partial charge in [-0.25, -0.2) is 0 Å². The number of hydrogen-bond acceptors (Lipinski definition) is 6. The molecular weight excluding hydrogens is 456 g/mol. The minimum absolute atomic E-state index is 0.0501. The van der Waals surface area contributed by atoms with Crippen LogP contribution in [0.4, 0.5) is 0 Å². The van der Waals surface area contributed by atoms with Crippen molar-refractivity contribution in [1.29, 1.82) is 0 Å². The molecule has 0 radical (unpaired) electrons. The van der Waals surface area contributed by atoms with E-state index in [2.05, 4.69) is 10.6 Å². The van der Waals surface area contributed by atoms with Crippen LogP contribution < -0.4 is 10.6 Å². The topological polar surface area (TPSA) is 98.8 Å². The summed E-state index contributed by atoms with van der Waals surface area (Å²) < 4.78 is 0. The van der Waals surface area contributed by atoms with Crippen molar-refractivity contribution in [3.05, 3.63) is 0 Å². The fraction of sp³-hybridized carbons (Fsp3) is 0.857. The van der Waals surface area contributed by atoms with Gasteiger partial charge in [-0.3, -0.25) is 29.0 Å². The molecule has 0 spiro atoms. The van der Waals surface area contributed by atoms with E-state index in [1.807, 2.05) is 88.0 Å². The summed E-state index contributed by atoms with van der Waals surface area (Å²) >= 11 is 0. The van der Waals surface area contributed by atoms with Crippen LogP contribution in [0.25, 0.3) is 0 Å². The van der Waals surface area contributed by atoms with Crippen molar-refractivity contribution >= 4 is 23.4 Å². The highest BCUT2D eigenvalue weighted by Gasteiger charge is 2.25. The van der Waals surface area contributed by atoms with Crippen molar-refractivity contribution in [2.75, 3.05) is 39.3 Å². The average Bonchev–Trinajstić information content (AvgIpc) is 2.52. The SMILES string of the molecule is CC(C)(C)CC(=O)CN(CCN(CC(=O)NC(C)(C)C)CC(=O)NC(C)(C)C)CC(=O)CC(C)(C)C. The number of nitrogens with one attached hydrogen (secondary N) is 2. The Morgan fingerprint density at radius 1 is 0.500 bits per heavy atom. The number of Topliss-reactive ketones (excluding diaryl/α,β-unsaturated/α-hetero) is 2. The molecule has 0 saturated carbocycles. The molecule has 0 bridgehead atoms. The molecule has 0 fully saturated rings. The van der Waals surface area contributed by atoms with Gasteiger partial charge in [0.25, 0.3) is 0 Å². The van der Waals surface area contributed by atoms with Crippen LogP contribution in [0.15, 0.2) is 0 Å². The molecule has 0 aliphatic rings. The molecule has 0 aromatic rings. The van der Waals surface area contributed by atoms with Crippen molar-refractivity contribution in [3.8, 4) is 0 Å². The van der Waals surface area contributed by atoms with E-state index in [0.717, 1.165) is 0 Å². The van der Waals surface area contributed by atoms with Crippen molar-refractivity contribution in [2.45, 2.75) is 107 Å². The van der Waals surface area contributed by atoms with Gasteiger partial charge >= 0.3 is 0 Å². The van der Waals surface area contributed by atoms with Crippen LogP contribution >= 0.6 is 0 Å². The molecule has 36 heavy (non-hydrogen) atoms. The molecule has 0 aliphatic heterocycles. The van der Waals surface area contributed by atoms with Crippen molar-refractivity contribution in [2.24, 2.45) is 10.8 Å². The quantitative estimate of drug-likeness (QED) is 0.394. The highest BCUT2D eigenvalue weighted by Crippen LogP contribution is 2.20. The van der Waals surface area contributed by atoms with E-state index in [-0.39, 0.29) is 71.5 Å². The highest BCUT2D eigenvalue weighted by molar-refractivity contribution is 5.84. The summed E-state index contributed by atoms with van der Waals surface area (Å²) in [6, 6.07) is 0. The first kappa shape index (κ1) is 34.2. The molecule has 0 rings (SSSR count). The summed E-state index contributed by atoms with van der Waals surface area (Å²) in [5.74, 6) is -0.197. The summed E-state index contributed by atoms with van der Waals surface area (Å²) in [7, 11) is 0. The zero-order valence-electron chi connectivity index (χ0n) is 25.2. The van der Waals surface area contributed by atoms with E-state index >= 15 is 0 Å². The number of amides is 2. The molecular formula is C28H54N4O4. The van der Waals surface area contributed by atoms with Crippen LogP contribution in [0, 0.1) is 10.8 Å². The number of carbonyl (C=O) groups is 4. The van der Waals surface area contributed by atoms with Gasteiger partial charge in [-0.05, 0) is 52.4 Å². The molecule has 0 aliphatic carbocycles. The third-order valence-corrected chi connectivity index (χ3v) is 4.75. The van der Waals surface area contributed by atoms with Gasteiger partial charge in [0, 0.05) is 37.0 Å². The molecule has 0 aromatic heterocycles. The monoisotopic (exact) mass is 510 g/mol. The zero-order valence-corrected chi connectivity index (χ0v) is 25.2. The number of hydrogen-bond donors (Lipinski definition) is 2. The largest absolute Gasteiger partial charge is 0.350 e. The van der Waals surface area contributed by atoms with Crippen LogP contribution in [-0.4, -0.2) is 83.5 Å². The highest BCUT2D eigenvalue weighted by atomic mass is 16.2. The molecule has 0 unspecified atom stereocenters. The average molecular weight is 511 g/mol. The lowest BCUT2D eigenvalue weighted by Crippen LogP contribution is -2.51. The standard InChI is InChI=1S/C28H54N4O4/c1-25(2,3)15-21(33)17-31(18-22(34)16-26(4,5)6)13-14-32(19-23(35)29-27(7,8)9)20-24(36)30-28(10,11)12/h13-20H2,1-12H3,(H,29,35)(H,30,36). The smallest absolute Gasteiger partial charge is 0.234 e. The van der Waals surface area contributed by atoms with Crippen LogP contribution in [-0.2, 0) is 19.2 Å². The fourth-order valence-corrected chi connectivity index (χ4v) is 3.83.